The van der Waals surface area contributed by atoms with Crippen molar-refractivity contribution in [3.05, 3.63) is 11.6 Å². The van der Waals surface area contributed by atoms with Gasteiger partial charge < -0.3 is 4.79 Å². The van der Waals surface area contributed by atoms with Crippen LogP contribution in [0, 0.1) is 5.41 Å². The van der Waals surface area contributed by atoms with Crippen LogP contribution in [0.4, 0.5) is 0 Å². The minimum atomic E-state index is -0.279. The molecule has 0 aromatic rings. The fraction of sp³-hybridized carbons (Fsp3) is 0.625. The maximum absolute atomic E-state index is 10.3. The van der Waals surface area contributed by atoms with E-state index in [0.717, 1.165) is 6.29 Å². The quantitative estimate of drug-likeness (QED) is 0.409. The van der Waals surface area contributed by atoms with Crippen molar-refractivity contribution >= 4 is 6.29 Å². The van der Waals surface area contributed by atoms with Crippen LogP contribution in [0.3, 0.4) is 0 Å². The number of aldehydes is 1. The average molecular weight is 126 g/mol. The van der Waals surface area contributed by atoms with E-state index in [-0.39, 0.29) is 5.41 Å². The predicted molar refractivity (Wildman–Crippen MR) is 39.3 cm³/mol. The summed E-state index contributed by atoms with van der Waals surface area (Å²) < 4.78 is 0. The molecular weight excluding hydrogens is 112 g/mol. The lowest BCUT2D eigenvalue weighted by Gasteiger charge is -2.10. The monoisotopic (exact) mass is 126 g/mol. The zero-order valence-electron chi connectivity index (χ0n) is 6.56. The van der Waals surface area contributed by atoms with E-state index in [4.69, 9.17) is 0 Å². The van der Waals surface area contributed by atoms with Gasteiger partial charge in [0.1, 0.15) is 6.29 Å². The van der Waals surface area contributed by atoms with Crippen molar-refractivity contribution in [2.75, 3.05) is 0 Å². The Bertz CT molecular complexity index is 128. The number of hydrogen-bond acceptors (Lipinski definition) is 1. The van der Waals surface area contributed by atoms with Gasteiger partial charge in [-0.1, -0.05) is 11.6 Å². The first kappa shape index (κ1) is 8.41. The Balaban J connectivity index is 4.18. The number of carbonyl (C=O) groups is 1. The lowest BCUT2D eigenvalue weighted by atomic mass is 9.93. The minimum absolute atomic E-state index is 0.279. The summed E-state index contributed by atoms with van der Waals surface area (Å²) in [5, 5.41) is 0. The van der Waals surface area contributed by atoms with E-state index in [0.29, 0.717) is 0 Å². The molecule has 0 N–H and O–H groups in total. The standard InChI is InChI=1S/C8H14O/c1-7(2)5-8(3,4)6-9/h5-6H,1-4H3. The van der Waals surface area contributed by atoms with E-state index >= 15 is 0 Å². The summed E-state index contributed by atoms with van der Waals surface area (Å²) in [4.78, 5) is 10.3. The Labute approximate surface area is 56.8 Å². The summed E-state index contributed by atoms with van der Waals surface area (Å²) >= 11 is 0. The lowest BCUT2D eigenvalue weighted by Crippen LogP contribution is -2.08. The number of rotatable bonds is 2. The molecule has 0 heterocycles. The van der Waals surface area contributed by atoms with Gasteiger partial charge in [-0.3, -0.25) is 0 Å². The highest BCUT2D eigenvalue weighted by Crippen LogP contribution is 2.14. The van der Waals surface area contributed by atoms with Crippen LogP contribution < -0.4 is 0 Å². The molecule has 0 aromatic carbocycles. The molecule has 0 unspecified atom stereocenters. The Kier molecular flexibility index (Phi) is 2.63. The van der Waals surface area contributed by atoms with Gasteiger partial charge in [-0.2, -0.15) is 0 Å². The van der Waals surface area contributed by atoms with Crippen LogP contribution in [0.5, 0.6) is 0 Å². The van der Waals surface area contributed by atoms with Gasteiger partial charge in [-0.25, -0.2) is 0 Å². The summed E-state index contributed by atoms with van der Waals surface area (Å²) in [7, 11) is 0. The van der Waals surface area contributed by atoms with Crippen LogP contribution in [-0.2, 0) is 4.79 Å². The van der Waals surface area contributed by atoms with Crippen LogP contribution in [0.1, 0.15) is 27.7 Å². The van der Waals surface area contributed by atoms with Gasteiger partial charge in [-0.05, 0) is 27.7 Å². The van der Waals surface area contributed by atoms with E-state index < -0.39 is 0 Å². The van der Waals surface area contributed by atoms with Crippen molar-refractivity contribution in [1.29, 1.82) is 0 Å². The second-order valence-corrected chi connectivity index (χ2v) is 3.16. The number of hydrogen-bond donors (Lipinski definition) is 0. The molecule has 0 aromatic heterocycles. The van der Waals surface area contributed by atoms with Gasteiger partial charge in [-0.15, -0.1) is 0 Å². The van der Waals surface area contributed by atoms with Gasteiger partial charge in [0.05, 0.1) is 0 Å². The Hall–Kier alpha value is -0.590. The van der Waals surface area contributed by atoms with Gasteiger partial charge in [0.15, 0.2) is 0 Å². The molecule has 0 saturated heterocycles. The lowest BCUT2D eigenvalue weighted by molar-refractivity contribution is -0.112. The SMILES string of the molecule is CC(C)=CC(C)(C)C=O. The van der Waals surface area contributed by atoms with E-state index in [1.807, 2.05) is 33.8 Å². The molecule has 52 valence electrons. The molecule has 0 aliphatic carbocycles. The second-order valence-electron chi connectivity index (χ2n) is 3.16. The first-order valence-electron chi connectivity index (χ1n) is 3.10. The molecule has 0 rings (SSSR count). The van der Waals surface area contributed by atoms with Gasteiger partial charge in [0.2, 0.25) is 0 Å². The largest absolute Gasteiger partial charge is 0.302 e. The molecule has 0 atom stereocenters. The molecule has 0 aliphatic heterocycles. The summed E-state index contributed by atoms with van der Waals surface area (Å²) in [5.41, 5.74) is 0.908. The Morgan fingerprint density at radius 2 is 1.78 bits per heavy atom. The molecule has 0 spiro atoms. The second kappa shape index (κ2) is 2.81. The molecule has 9 heavy (non-hydrogen) atoms. The van der Waals surface area contributed by atoms with Crippen LogP contribution in [0.2, 0.25) is 0 Å². The summed E-state index contributed by atoms with van der Waals surface area (Å²) in [6.45, 7) is 7.77. The minimum Gasteiger partial charge on any atom is -0.302 e. The molecule has 1 heteroatoms. The van der Waals surface area contributed by atoms with Crippen LogP contribution in [0.15, 0.2) is 11.6 Å². The highest BCUT2D eigenvalue weighted by atomic mass is 16.1. The fourth-order valence-electron chi connectivity index (χ4n) is 0.778. The molecule has 0 aliphatic rings. The third kappa shape index (κ3) is 3.95. The zero-order chi connectivity index (χ0) is 7.49. The van der Waals surface area contributed by atoms with E-state index in [1.54, 1.807) is 0 Å². The maximum atomic E-state index is 10.3. The molecule has 0 amide bonds. The third-order valence-corrected chi connectivity index (χ3v) is 0.964. The topological polar surface area (TPSA) is 17.1 Å². The Morgan fingerprint density at radius 3 is 1.89 bits per heavy atom. The van der Waals surface area contributed by atoms with Crippen molar-refractivity contribution in [2.45, 2.75) is 27.7 Å². The van der Waals surface area contributed by atoms with Crippen molar-refractivity contribution in [3.8, 4) is 0 Å². The van der Waals surface area contributed by atoms with Crippen molar-refractivity contribution < 1.29 is 4.79 Å². The van der Waals surface area contributed by atoms with Crippen molar-refractivity contribution in [3.63, 3.8) is 0 Å². The molecule has 0 saturated carbocycles. The number of allylic oxidation sites excluding steroid dienone is 2. The average Bonchev–Trinajstić information content (AvgIpc) is 1.63. The number of carbonyl (C=O) groups excluding carboxylic acids is 1. The van der Waals surface area contributed by atoms with Crippen LogP contribution in [0.25, 0.3) is 0 Å². The van der Waals surface area contributed by atoms with Gasteiger partial charge in [0, 0.05) is 5.41 Å². The highest BCUT2D eigenvalue weighted by molar-refractivity contribution is 5.61. The van der Waals surface area contributed by atoms with E-state index in [1.165, 1.54) is 5.57 Å². The molecule has 0 radical (unpaired) electrons. The first-order valence-corrected chi connectivity index (χ1v) is 3.10. The molecule has 0 bridgehead atoms. The molecular formula is C8H14O. The summed E-state index contributed by atoms with van der Waals surface area (Å²) in [6, 6.07) is 0. The normalized spacial score (nSPS) is 10.7. The van der Waals surface area contributed by atoms with Crippen molar-refractivity contribution in [2.24, 2.45) is 5.41 Å². The zero-order valence-corrected chi connectivity index (χ0v) is 6.56. The highest BCUT2D eigenvalue weighted by Gasteiger charge is 2.10. The summed E-state index contributed by atoms with van der Waals surface area (Å²) in [5.74, 6) is 0. The van der Waals surface area contributed by atoms with Gasteiger partial charge >= 0.3 is 0 Å². The third-order valence-electron chi connectivity index (χ3n) is 0.964. The molecule has 1 nitrogen and oxygen atoms in total. The maximum Gasteiger partial charge on any atom is 0.129 e. The predicted octanol–water partition coefficient (Wildman–Crippen LogP) is 2.18. The Morgan fingerprint density at radius 1 is 1.33 bits per heavy atom. The molecule has 0 fully saturated rings. The van der Waals surface area contributed by atoms with Crippen LogP contribution >= 0.6 is 0 Å². The van der Waals surface area contributed by atoms with E-state index in [2.05, 4.69) is 0 Å². The van der Waals surface area contributed by atoms with Crippen LogP contribution in [-0.4, -0.2) is 6.29 Å². The fourth-order valence-corrected chi connectivity index (χ4v) is 0.778. The summed E-state index contributed by atoms with van der Waals surface area (Å²) in [6.07, 6.45) is 2.92. The first-order chi connectivity index (χ1) is 3.98. The smallest absolute Gasteiger partial charge is 0.129 e. The van der Waals surface area contributed by atoms with E-state index in [9.17, 15) is 4.79 Å². The van der Waals surface area contributed by atoms with Crippen molar-refractivity contribution in [1.82, 2.24) is 0 Å². The van der Waals surface area contributed by atoms with Gasteiger partial charge in [0.25, 0.3) is 0 Å².